The zero-order valence-electron chi connectivity index (χ0n) is 14.4. The van der Waals surface area contributed by atoms with Crippen molar-refractivity contribution in [3.8, 4) is 11.3 Å². The number of carboxylic acids is 1. The molecule has 0 radical (unpaired) electrons. The molecule has 0 aliphatic carbocycles. The van der Waals surface area contributed by atoms with Crippen LogP contribution in [0.3, 0.4) is 0 Å². The first-order valence-corrected chi connectivity index (χ1v) is 8.10. The number of benzene rings is 2. The molecule has 1 heterocycles. The van der Waals surface area contributed by atoms with Crippen LogP contribution in [0.15, 0.2) is 54.7 Å². The number of aromatic nitrogens is 2. The topological polar surface area (TPSA) is 101 Å². The van der Waals surface area contributed by atoms with E-state index >= 15 is 0 Å². The fourth-order valence-electron chi connectivity index (χ4n) is 2.59. The summed E-state index contributed by atoms with van der Waals surface area (Å²) >= 11 is 0. The number of nitrogens with two attached hydrogens (primary N) is 1. The van der Waals surface area contributed by atoms with Crippen molar-refractivity contribution in [2.24, 2.45) is 0 Å². The molecule has 0 aliphatic heterocycles. The molecule has 0 amide bonds. The first kappa shape index (κ1) is 19.2. The average molecular weight is 388 g/mol. The highest BCUT2D eigenvalue weighted by Crippen LogP contribution is 2.30. The second-order valence-electron chi connectivity index (χ2n) is 5.95. The molecule has 0 atom stereocenters. The molecule has 6 nitrogen and oxygen atoms in total. The van der Waals surface area contributed by atoms with Crippen LogP contribution in [0, 0.1) is 0 Å². The van der Waals surface area contributed by atoms with Gasteiger partial charge in [-0.2, -0.15) is 13.2 Å². The Bertz CT molecular complexity index is 1000. The van der Waals surface area contributed by atoms with E-state index < -0.39 is 17.7 Å². The highest BCUT2D eigenvalue weighted by atomic mass is 19.4. The highest BCUT2D eigenvalue weighted by Gasteiger charge is 2.29. The highest BCUT2D eigenvalue weighted by molar-refractivity contribution is 5.77. The molecule has 2 aromatic carbocycles. The standard InChI is InChI=1S/C19H15F3N4O2/c20-19(21,22)12-2-5-14(6-3-12)25-18-24-8-7-16(26-18)15-10-13(23)4-1-11(15)9-17(27)28/h1-8,10H,9,23H2,(H,27,28)(H,24,25,26). The summed E-state index contributed by atoms with van der Waals surface area (Å²) in [6, 6.07) is 10.9. The molecule has 3 rings (SSSR count). The summed E-state index contributed by atoms with van der Waals surface area (Å²) in [5, 5.41) is 11.9. The van der Waals surface area contributed by atoms with Gasteiger partial charge in [-0.15, -0.1) is 0 Å². The Morgan fingerprint density at radius 2 is 1.82 bits per heavy atom. The predicted molar refractivity (Wildman–Crippen MR) is 97.9 cm³/mol. The summed E-state index contributed by atoms with van der Waals surface area (Å²) in [4.78, 5) is 19.5. The third kappa shape index (κ3) is 4.56. The zero-order valence-corrected chi connectivity index (χ0v) is 14.4. The van der Waals surface area contributed by atoms with Crippen LogP contribution in [-0.4, -0.2) is 21.0 Å². The largest absolute Gasteiger partial charge is 0.481 e. The van der Waals surface area contributed by atoms with Crippen LogP contribution in [0.2, 0.25) is 0 Å². The fourth-order valence-corrected chi connectivity index (χ4v) is 2.59. The van der Waals surface area contributed by atoms with Crippen LogP contribution in [0.1, 0.15) is 11.1 Å². The maximum atomic E-state index is 12.7. The lowest BCUT2D eigenvalue weighted by Crippen LogP contribution is -2.05. The molecule has 0 bridgehead atoms. The SMILES string of the molecule is Nc1ccc(CC(=O)O)c(-c2ccnc(Nc3ccc(C(F)(F)F)cc3)n2)c1. The number of alkyl halides is 3. The van der Waals surface area contributed by atoms with E-state index in [-0.39, 0.29) is 12.4 Å². The molecular weight excluding hydrogens is 373 g/mol. The Kier molecular flexibility index (Phi) is 5.16. The van der Waals surface area contributed by atoms with Gasteiger partial charge in [0.15, 0.2) is 0 Å². The first-order chi connectivity index (χ1) is 13.2. The van der Waals surface area contributed by atoms with Gasteiger partial charge in [0, 0.05) is 23.1 Å². The van der Waals surface area contributed by atoms with Crippen molar-refractivity contribution >= 4 is 23.3 Å². The minimum absolute atomic E-state index is 0.154. The lowest BCUT2D eigenvalue weighted by atomic mass is 10.0. The number of hydrogen-bond donors (Lipinski definition) is 3. The molecule has 0 saturated heterocycles. The molecule has 0 unspecified atom stereocenters. The maximum absolute atomic E-state index is 12.7. The van der Waals surface area contributed by atoms with Crippen LogP contribution in [0.4, 0.5) is 30.5 Å². The summed E-state index contributed by atoms with van der Waals surface area (Å²) in [7, 11) is 0. The normalized spacial score (nSPS) is 11.2. The van der Waals surface area contributed by atoms with Gasteiger partial charge in [0.05, 0.1) is 17.7 Å². The van der Waals surface area contributed by atoms with Crippen molar-refractivity contribution in [2.75, 3.05) is 11.1 Å². The van der Waals surface area contributed by atoms with E-state index in [2.05, 4.69) is 15.3 Å². The van der Waals surface area contributed by atoms with Crippen molar-refractivity contribution in [3.05, 3.63) is 65.9 Å². The van der Waals surface area contributed by atoms with E-state index in [4.69, 9.17) is 10.8 Å². The van der Waals surface area contributed by atoms with Gasteiger partial charge < -0.3 is 16.2 Å². The first-order valence-electron chi connectivity index (χ1n) is 8.10. The predicted octanol–water partition coefficient (Wildman–Crippen LogP) is 4.12. The average Bonchev–Trinajstić information content (AvgIpc) is 2.63. The van der Waals surface area contributed by atoms with Gasteiger partial charge >= 0.3 is 12.1 Å². The zero-order chi connectivity index (χ0) is 20.3. The molecule has 28 heavy (non-hydrogen) atoms. The second-order valence-corrected chi connectivity index (χ2v) is 5.95. The molecule has 1 aromatic heterocycles. The van der Waals surface area contributed by atoms with Crippen LogP contribution in [0.25, 0.3) is 11.3 Å². The summed E-state index contributed by atoms with van der Waals surface area (Å²) in [5.74, 6) is -0.843. The van der Waals surface area contributed by atoms with Crippen LogP contribution >= 0.6 is 0 Å². The van der Waals surface area contributed by atoms with Crippen LogP contribution < -0.4 is 11.1 Å². The van der Waals surface area contributed by atoms with E-state index in [0.29, 0.717) is 28.2 Å². The van der Waals surface area contributed by atoms with Crippen molar-refractivity contribution in [2.45, 2.75) is 12.6 Å². The third-order valence-electron chi connectivity index (χ3n) is 3.88. The quantitative estimate of drug-likeness (QED) is 0.569. The molecule has 144 valence electrons. The van der Waals surface area contributed by atoms with Crippen LogP contribution in [0.5, 0.6) is 0 Å². The van der Waals surface area contributed by atoms with Crippen LogP contribution in [-0.2, 0) is 17.4 Å². The van der Waals surface area contributed by atoms with E-state index in [9.17, 15) is 18.0 Å². The molecule has 9 heteroatoms. The van der Waals surface area contributed by atoms with Gasteiger partial charge in [0.25, 0.3) is 0 Å². The number of nitrogens with zero attached hydrogens (tertiary/aromatic N) is 2. The smallest absolute Gasteiger partial charge is 0.416 e. The molecule has 0 fully saturated rings. The van der Waals surface area contributed by atoms with Crippen molar-refractivity contribution in [1.82, 2.24) is 9.97 Å². The Hall–Kier alpha value is -3.62. The van der Waals surface area contributed by atoms with E-state index in [1.807, 2.05) is 0 Å². The summed E-state index contributed by atoms with van der Waals surface area (Å²) in [6.45, 7) is 0. The van der Waals surface area contributed by atoms with Gasteiger partial charge in [-0.05, 0) is 48.0 Å². The third-order valence-corrected chi connectivity index (χ3v) is 3.88. The van der Waals surface area contributed by atoms with E-state index in [1.165, 1.54) is 18.3 Å². The summed E-state index contributed by atoms with van der Waals surface area (Å²) in [6.07, 6.45) is -3.16. The van der Waals surface area contributed by atoms with Gasteiger partial charge in [0.2, 0.25) is 5.95 Å². The molecule has 0 aliphatic rings. The Morgan fingerprint density at radius 1 is 1.11 bits per heavy atom. The number of nitrogens with one attached hydrogen (secondary N) is 1. The van der Waals surface area contributed by atoms with Gasteiger partial charge in [-0.3, -0.25) is 4.79 Å². The molecule has 4 N–H and O–H groups in total. The number of carbonyl (C=O) groups is 1. The Balaban J connectivity index is 1.89. The fraction of sp³-hybridized carbons (Fsp3) is 0.105. The van der Waals surface area contributed by atoms with Gasteiger partial charge in [-0.1, -0.05) is 6.07 Å². The monoisotopic (exact) mass is 388 g/mol. The van der Waals surface area contributed by atoms with Crippen molar-refractivity contribution < 1.29 is 23.1 Å². The van der Waals surface area contributed by atoms with E-state index in [0.717, 1.165) is 12.1 Å². The number of rotatable bonds is 5. The van der Waals surface area contributed by atoms with Crippen molar-refractivity contribution in [1.29, 1.82) is 0 Å². The number of carboxylic acid groups (broad SMARTS) is 1. The second kappa shape index (κ2) is 7.55. The van der Waals surface area contributed by atoms with Crippen molar-refractivity contribution in [3.63, 3.8) is 0 Å². The maximum Gasteiger partial charge on any atom is 0.416 e. The van der Waals surface area contributed by atoms with Gasteiger partial charge in [0.1, 0.15) is 0 Å². The number of halogens is 3. The molecule has 3 aromatic rings. The number of anilines is 3. The lowest BCUT2D eigenvalue weighted by Gasteiger charge is -2.11. The number of hydrogen-bond acceptors (Lipinski definition) is 5. The summed E-state index contributed by atoms with van der Waals surface area (Å²) in [5.41, 5.74) is 7.38. The lowest BCUT2D eigenvalue weighted by molar-refractivity contribution is -0.138. The number of aliphatic carboxylic acids is 1. The number of nitrogen functional groups attached to an aromatic ring is 1. The minimum Gasteiger partial charge on any atom is -0.481 e. The van der Waals surface area contributed by atoms with Gasteiger partial charge in [-0.25, -0.2) is 9.97 Å². The Labute approximate surface area is 157 Å². The molecule has 0 spiro atoms. The molecule has 0 saturated carbocycles. The summed E-state index contributed by atoms with van der Waals surface area (Å²) < 4.78 is 38.0. The van der Waals surface area contributed by atoms with E-state index in [1.54, 1.807) is 24.3 Å². The molecular formula is C19H15F3N4O2. The minimum atomic E-state index is -4.41. The Morgan fingerprint density at radius 3 is 2.46 bits per heavy atom.